The Balaban J connectivity index is 1.97. The molecule has 0 saturated carbocycles. The summed E-state index contributed by atoms with van der Waals surface area (Å²) in [5, 5.41) is 4.75. The standard InChI is InChI=1S/C20H16FN3O/c1-11-15-7-14(21)8-18(22-2)19(15)24-20-16(11)9-17(23-20)13-5-3-12(10-25)4-6-13/h3-10,22H,1-2H3,(H,23,24). The number of fused-ring (bicyclic) bond motifs is 2. The fraction of sp³-hybridized carbons (Fsp3) is 0.100. The summed E-state index contributed by atoms with van der Waals surface area (Å²) >= 11 is 0. The predicted molar refractivity (Wildman–Crippen MR) is 98.7 cm³/mol. The van der Waals surface area contributed by atoms with Crippen LogP contribution in [0.3, 0.4) is 0 Å². The molecular formula is C20H16FN3O. The van der Waals surface area contributed by atoms with E-state index in [9.17, 15) is 9.18 Å². The molecule has 0 aliphatic carbocycles. The molecule has 0 aliphatic rings. The zero-order valence-electron chi connectivity index (χ0n) is 13.9. The molecule has 0 saturated heterocycles. The van der Waals surface area contributed by atoms with Crippen molar-refractivity contribution in [2.75, 3.05) is 12.4 Å². The number of aldehydes is 1. The van der Waals surface area contributed by atoms with Gasteiger partial charge in [0.15, 0.2) is 0 Å². The minimum Gasteiger partial charge on any atom is -0.386 e. The van der Waals surface area contributed by atoms with Crippen LogP contribution < -0.4 is 5.32 Å². The molecule has 2 aromatic heterocycles. The molecule has 25 heavy (non-hydrogen) atoms. The summed E-state index contributed by atoms with van der Waals surface area (Å²) < 4.78 is 13.9. The van der Waals surface area contributed by atoms with Crippen molar-refractivity contribution < 1.29 is 9.18 Å². The van der Waals surface area contributed by atoms with E-state index in [0.717, 1.165) is 45.0 Å². The highest BCUT2D eigenvalue weighted by atomic mass is 19.1. The van der Waals surface area contributed by atoms with E-state index in [2.05, 4.69) is 15.3 Å². The van der Waals surface area contributed by atoms with Gasteiger partial charge in [-0.2, -0.15) is 0 Å². The van der Waals surface area contributed by atoms with Crippen LogP contribution in [0.5, 0.6) is 0 Å². The van der Waals surface area contributed by atoms with Crippen molar-refractivity contribution in [1.82, 2.24) is 9.97 Å². The van der Waals surface area contributed by atoms with Crippen LogP contribution in [-0.4, -0.2) is 23.3 Å². The van der Waals surface area contributed by atoms with Crippen molar-refractivity contribution in [2.24, 2.45) is 0 Å². The average Bonchev–Trinajstić information content (AvgIpc) is 3.06. The van der Waals surface area contributed by atoms with Gasteiger partial charge in [0.1, 0.15) is 17.8 Å². The lowest BCUT2D eigenvalue weighted by Crippen LogP contribution is -1.95. The van der Waals surface area contributed by atoms with Crippen LogP contribution >= 0.6 is 0 Å². The van der Waals surface area contributed by atoms with Crippen molar-refractivity contribution in [3.63, 3.8) is 0 Å². The second-order valence-electron chi connectivity index (χ2n) is 6.02. The minimum atomic E-state index is -0.290. The Hall–Kier alpha value is -3.21. The molecule has 0 bridgehead atoms. The third kappa shape index (κ3) is 2.45. The molecule has 2 aromatic carbocycles. The number of carbonyl (C=O) groups is 1. The van der Waals surface area contributed by atoms with Gasteiger partial charge in [-0.15, -0.1) is 0 Å². The van der Waals surface area contributed by atoms with Gasteiger partial charge >= 0.3 is 0 Å². The zero-order chi connectivity index (χ0) is 17.6. The zero-order valence-corrected chi connectivity index (χ0v) is 13.9. The number of benzene rings is 2. The van der Waals surface area contributed by atoms with E-state index in [1.54, 1.807) is 19.2 Å². The monoisotopic (exact) mass is 333 g/mol. The summed E-state index contributed by atoms with van der Waals surface area (Å²) in [6.07, 6.45) is 0.821. The molecule has 0 fully saturated rings. The lowest BCUT2D eigenvalue weighted by Gasteiger charge is -2.08. The third-order valence-corrected chi connectivity index (χ3v) is 4.53. The second kappa shape index (κ2) is 5.70. The van der Waals surface area contributed by atoms with Gasteiger partial charge in [-0.3, -0.25) is 4.79 Å². The van der Waals surface area contributed by atoms with E-state index in [1.165, 1.54) is 12.1 Å². The number of halogens is 1. The van der Waals surface area contributed by atoms with Crippen LogP contribution in [0, 0.1) is 12.7 Å². The fourth-order valence-corrected chi connectivity index (χ4v) is 3.17. The number of nitrogens with zero attached hydrogens (tertiary/aromatic N) is 1. The molecule has 4 aromatic rings. The Morgan fingerprint density at radius 1 is 1.12 bits per heavy atom. The summed E-state index contributed by atoms with van der Waals surface area (Å²) in [5.74, 6) is -0.290. The Morgan fingerprint density at radius 3 is 2.56 bits per heavy atom. The van der Waals surface area contributed by atoms with Crippen molar-refractivity contribution in [3.8, 4) is 11.3 Å². The fourth-order valence-electron chi connectivity index (χ4n) is 3.17. The van der Waals surface area contributed by atoms with E-state index in [1.807, 2.05) is 25.1 Å². The van der Waals surface area contributed by atoms with Gasteiger partial charge in [0.05, 0.1) is 11.2 Å². The lowest BCUT2D eigenvalue weighted by molar-refractivity contribution is 0.112. The third-order valence-electron chi connectivity index (χ3n) is 4.53. The van der Waals surface area contributed by atoms with Crippen LogP contribution in [0.2, 0.25) is 0 Å². The number of carbonyl (C=O) groups excluding carboxylic acids is 1. The van der Waals surface area contributed by atoms with Crippen LogP contribution in [0.25, 0.3) is 33.2 Å². The average molecular weight is 333 g/mol. The van der Waals surface area contributed by atoms with Crippen LogP contribution in [0.1, 0.15) is 15.9 Å². The SMILES string of the molecule is CNc1cc(F)cc2c(C)c3cc(-c4ccc(C=O)cc4)[nH]c3nc12. The molecule has 0 aliphatic heterocycles. The molecule has 4 rings (SSSR count). The van der Waals surface area contributed by atoms with E-state index in [4.69, 9.17) is 0 Å². The molecule has 4 nitrogen and oxygen atoms in total. The van der Waals surface area contributed by atoms with E-state index < -0.39 is 0 Å². The number of nitrogens with one attached hydrogen (secondary N) is 2. The van der Waals surface area contributed by atoms with Gasteiger partial charge in [0, 0.05) is 29.1 Å². The molecule has 0 unspecified atom stereocenters. The first-order chi connectivity index (χ1) is 12.1. The van der Waals surface area contributed by atoms with Gasteiger partial charge in [-0.25, -0.2) is 9.37 Å². The van der Waals surface area contributed by atoms with Crippen LogP contribution in [0.4, 0.5) is 10.1 Å². The van der Waals surface area contributed by atoms with Gasteiger partial charge in [0.25, 0.3) is 0 Å². The van der Waals surface area contributed by atoms with E-state index >= 15 is 0 Å². The van der Waals surface area contributed by atoms with Crippen molar-refractivity contribution >= 4 is 33.9 Å². The highest BCUT2D eigenvalue weighted by molar-refractivity contribution is 6.02. The first kappa shape index (κ1) is 15.3. The topological polar surface area (TPSA) is 57.8 Å². The summed E-state index contributed by atoms with van der Waals surface area (Å²) in [6, 6.07) is 12.3. The first-order valence-corrected chi connectivity index (χ1v) is 7.96. The molecule has 0 amide bonds. The van der Waals surface area contributed by atoms with Crippen LogP contribution in [0.15, 0.2) is 42.5 Å². The number of hydrogen-bond acceptors (Lipinski definition) is 3. The number of aromatic amines is 1. The number of aromatic nitrogens is 2. The summed E-state index contributed by atoms with van der Waals surface area (Å²) in [4.78, 5) is 18.8. The number of hydrogen-bond donors (Lipinski definition) is 2. The maximum Gasteiger partial charge on any atom is 0.150 e. The number of aryl methyl sites for hydroxylation is 1. The normalized spacial score (nSPS) is 11.2. The quantitative estimate of drug-likeness (QED) is 0.535. The molecule has 124 valence electrons. The maximum absolute atomic E-state index is 13.9. The summed E-state index contributed by atoms with van der Waals surface area (Å²) in [7, 11) is 1.75. The van der Waals surface area contributed by atoms with Crippen molar-refractivity contribution in [3.05, 3.63) is 59.4 Å². The highest BCUT2D eigenvalue weighted by Gasteiger charge is 2.13. The number of pyridine rings is 1. The molecule has 2 heterocycles. The predicted octanol–water partition coefficient (Wildman–Crippen LogP) is 4.68. The van der Waals surface area contributed by atoms with Crippen molar-refractivity contribution in [1.29, 1.82) is 0 Å². The Labute approximate surface area is 143 Å². The van der Waals surface area contributed by atoms with Gasteiger partial charge in [0.2, 0.25) is 0 Å². The highest BCUT2D eigenvalue weighted by Crippen LogP contribution is 2.33. The van der Waals surface area contributed by atoms with Gasteiger partial charge in [-0.1, -0.05) is 24.3 Å². The van der Waals surface area contributed by atoms with Crippen LogP contribution in [-0.2, 0) is 0 Å². The van der Waals surface area contributed by atoms with Gasteiger partial charge < -0.3 is 10.3 Å². The molecule has 0 spiro atoms. The minimum absolute atomic E-state index is 0.290. The van der Waals surface area contributed by atoms with E-state index in [-0.39, 0.29) is 5.82 Å². The number of anilines is 1. The molecule has 5 heteroatoms. The molecule has 2 N–H and O–H groups in total. The first-order valence-electron chi connectivity index (χ1n) is 7.96. The summed E-state index contributed by atoms with van der Waals surface area (Å²) in [6.45, 7) is 1.97. The molecule has 0 atom stereocenters. The van der Waals surface area contributed by atoms with Gasteiger partial charge in [-0.05, 0) is 36.2 Å². The van der Waals surface area contributed by atoms with Crippen molar-refractivity contribution in [2.45, 2.75) is 6.92 Å². The number of H-pyrrole nitrogens is 1. The molecule has 0 radical (unpaired) electrons. The smallest absolute Gasteiger partial charge is 0.150 e. The Morgan fingerprint density at radius 2 is 1.88 bits per heavy atom. The second-order valence-corrected chi connectivity index (χ2v) is 6.02. The summed E-state index contributed by atoms with van der Waals surface area (Å²) in [5.41, 5.74) is 5.63. The van der Waals surface area contributed by atoms with E-state index in [0.29, 0.717) is 11.3 Å². The Bertz CT molecular complexity index is 1110. The Kier molecular flexibility index (Phi) is 3.50. The maximum atomic E-state index is 13.9. The molecular weight excluding hydrogens is 317 g/mol. The lowest BCUT2D eigenvalue weighted by atomic mass is 10.0. The number of rotatable bonds is 3. The largest absolute Gasteiger partial charge is 0.386 e.